The molecule has 108 valence electrons. The Morgan fingerprint density at radius 2 is 2.10 bits per heavy atom. The lowest BCUT2D eigenvalue weighted by Crippen LogP contribution is -2.09. The standard InChI is InChI=1S/C16H22FN3/c1-4-8-18-16-19-13(3)11-20(16)9-7-14-5-6-15(17)10-12(14)2/h5-6,10-11H,4,7-9H2,1-3H3,(H,18,19). The summed E-state index contributed by atoms with van der Waals surface area (Å²) in [4.78, 5) is 4.49. The van der Waals surface area contributed by atoms with E-state index in [1.807, 2.05) is 19.9 Å². The normalized spacial score (nSPS) is 10.8. The van der Waals surface area contributed by atoms with Gasteiger partial charge in [0.05, 0.1) is 5.69 Å². The van der Waals surface area contributed by atoms with Crippen LogP contribution in [0.2, 0.25) is 0 Å². The van der Waals surface area contributed by atoms with Crippen LogP contribution in [-0.2, 0) is 13.0 Å². The molecule has 2 aromatic rings. The molecule has 20 heavy (non-hydrogen) atoms. The first-order valence-corrected chi connectivity index (χ1v) is 7.13. The molecule has 1 aromatic carbocycles. The van der Waals surface area contributed by atoms with Gasteiger partial charge in [-0.25, -0.2) is 9.37 Å². The minimum Gasteiger partial charge on any atom is -0.356 e. The van der Waals surface area contributed by atoms with E-state index in [0.29, 0.717) is 0 Å². The molecular weight excluding hydrogens is 253 g/mol. The van der Waals surface area contributed by atoms with Gasteiger partial charge in [0.25, 0.3) is 0 Å². The van der Waals surface area contributed by atoms with E-state index in [1.165, 1.54) is 11.6 Å². The fourth-order valence-electron chi connectivity index (χ4n) is 2.28. The summed E-state index contributed by atoms with van der Waals surface area (Å²) in [5, 5.41) is 3.34. The van der Waals surface area contributed by atoms with Crippen LogP contribution in [0.4, 0.5) is 10.3 Å². The van der Waals surface area contributed by atoms with Crippen LogP contribution in [-0.4, -0.2) is 16.1 Å². The first-order valence-electron chi connectivity index (χ1n) is 7.13. The Morgan fingerprint density at radius 3 is 2.80 bits per heavy atom. The van der Waals surface area contributed by atoms with Gasteiger partial charge in [-0.15, -0.1) is 0 Å². The monoisotopic (exact) mass is 275 g/mol. The van der Waals surface area contributed by atoms with Gasteiger partial charge in [-0.2, -0.15) is 0 Å². The second-order valence-corrected chi connectivity index (χ2v) is 5.15. The molecule has 0 fully saturated rings. The molecule has 0 unspecified atom stereocenters. The van der Waals surface area contributed by atoms with Crippen molar-refractivity contribution in [2.45, 2.75) is 40.2 Å². The Hall–Kier alpha value is -1.84. The second kappa shape index (κ2) is 6.55. The number of halogens is 1. The van der Waals surface area contributed by atoms with E-state index in [2.05, 4.69) is 28.0 Å². The van der Waals surface area contributed by atoms with Crippen LogP contribution in [0.3, 0.4) is 0 Å². The first kappa shape index (κ1) is 14.6. The van der Waals surface area contributed by atoms with Gasteiger partial charge in [0.15, 0.2) is 0 Å². The first-order chi connectivity index (χ1) is 9.60. The van der Waals surface area contributed by atoms with Crippen molar-refractivity contribution < 1.29 is 4.39 Å². The SMILES string of the molecule is CCCNc1nc(C)cn1CCc1ccc(F)cc1C. The van der Waals surface area contributed by atoms with Gasteiger partial charge in [0.1, 0.15) is 5.82 Å². The van der Waals surface area contributed by atoms with Crippen molar-refractivity contribution in [1.82, 2.24) is 9.55 Å². The van der Waals surface area contributed by atoms with E-state index in [9.17, 15) is 4.39 Å². The molecule has 0 saturated carbocycles. The Morgan fingerprint density at radius 1 is 1.30 bits per heavy atom. The van der Waals surface area contributed by atoms with Crippen LogP contribution in [0.5, 0.6) is 0 Å². The smallest absolute Gasteiger partial charge is 0.203 e. The number of aromatic nitrogens is 2. The zero-order chi connectivity index (χ0) is 14.5. The van der Waals surface area contributed by atoms with Crippen molar-refractivity contribution in [3.63, 3.8) is 0 Å². The third-order valence-electron chi connectivity index (χ3n) is 3.36. The largest absolute Gasteiger partial charge is 0.356 e. The maximum atomic E-state index is 13.1. The molecule has 4 heteroatoms. The molecule has 3 nitrogen and oxygen atoms in total. The number of imidazole rings is 1. The van der Waals surface area contributed by atoms with Gasteiger partial charge in [0.2, 0.25) is 5.95 Å². The van der Waals surface area contributed by atoms with Crippen molar-refractivity contribution in [1.29, 1.82) is 0 Å². The summed E-state index contributed by atoms with van der Waals surface area (Å²) in [5.41, 5.74) is 3.20. The fraction of sp³-hybridized carbons (Fsp3) is 0.438. The average Bonchev–Trinajstić information content (AvgIpc) is 2.75. The second-order valence-electron chi connectivity index (χ2n) is 5.15. The summed E-state index contributed by atoms with van der Waals surface area (Å²) >= 11 is 0. The van der Waals surface area contributed by atoms with Crippen molar-refractivity contribution in [2.24, 2.45) is 0 Å². The molecule has 0 bridgehead atoms. The lowest BCUT2D eigenvalue weighted by atomic mass is 10.1. The molecule has 1 N–H and O–H groups in total. The van der Waals surface area contributed by atoms with Crippen LogP contribution < -0.4 is 5.32 Å². The van der Waals surface area contributed by atoms with Crippen molar-refractivity contribution in [3.05, 3.63) is 47.0 Å². The molecular formula is C16H22FN3. The lowest BCUT2D eigenvalue weighted by molar-refractivity contribution is 0.624. The Labute approximate surface area is 119 Å². The predicted octanol–water partition coefficient (Wildman–Crippen LogP) is 3.70. The molecule has 0 amide bonds. The minimum absolute atomic E-state index is 0.171. The van der Waals surface area contributed by atoms with Crippen LogP contribution in [0.25, 0.3) is 0 Å². The number of hydrogen-bond donors (Lipinski definition) is 1. The third-order valence-corrected chi connectivity index (χ3v) is 3.36. The third kappa shape index (κ3) is 3.59. The summed E-state index contributed by atoms with van der Waals surface area (Å²) in [5.74, 6) is 0.749. The van der Waals surface area contributed by atoms with Crippen molar-refractivity contribution in [3.8, 4) is 0 Å². The van der Waals surface area contributed by atoms with Crippen LogP contribution >= 0.6 is 0 Å². The van der Waals surface area contributed by atoms with Gasteiger partial charge < -0.3 is 9.88 Å². The van der Waals surface area contributed by atoms with Crippen molar-refractivity contribution in [2.75, 3.05) is 11.9 Å². The molecule has 0 atom stereocenters. The molecule has 2 rings (SSSR count). The van der Waals surface area contributed by atoms with E-state index in [-0.39, 0.29) is 5.82 Å². The van der Waals surface area contributed by atoms with Gasteiger partial charge >= 0.3 is 0 Å². The Balaban J connectivity index is 2.06. The van der Waals surface area contributed by atoms with Crippen LogP contribution in [0.1, 0.15) is 30.2 Å². The highest BCUT2D eigenvalue weighted by Gasteiger charge is 2.06. The maximum absolute atomic E-state index is 13.1. The van der Waals surface area contributed by atoms with E-state index in [4.69, 9.17) is 0 Å². The number of hydrogen-bond acceptors (Lipinski definition) is 2. The molecule has 0 spiro atoms. The van der Waals surface area contributed by atoms with E-state index < -0.39 is 0 Å². The number of nitrogens with one attached hydrogen (secondary N) is 1. The quantitative estimate of drug-likeness (QED) is 0.871. The fourth-order valence-corrected chi connectivity index (χ4v) is 2.28. The van der Waals surface area contributed by atoms with Gasteiger partial charge in [-0.05, 0) is 49.9 Å². The maximum Gasteiger partial charge on any atom is 0.203 e. The topological polar surface area (TPSA) is 29.9 Å². The van der Waals surface area contributed by atoms with Gasteiger partial charge in [-0.3, -0.25) is 0 Å². The summed E-state index contributed by atoms with van der Waals surface area (Å²) < 4.78 is 15.2. The molecule has 0 aliphatic carbocycles. The molecule has 1 heterocycles. The highest BCUT2D eigenvalue weighted by atomic mass is 19.1. The van der Waals surface area contributed by atoms with Crippen molar-refractivity contribution >= 4 is 5.95 Å². The molecule has 0 radical (unpaired) electrons. The zero-order valence-corrected chi connectivity index (χ0v) is 12.4. The summed E-state index contributed by atoms with van der Waals surface area (Å²) in [7, 11) is 0. The highest BCUT2D eigenvalue weighted by Crippen LogP contribution is 2.14. The number of benzene rings is 1. The minimum atomic E-state index is -0.171. The van der Waals surface area contributed by atoms with E-state index in [0.717, 1.165) is 43.1 Å². The molecule has 0 aliphatic heterocycles. The van der Waals surface area contributed by atoms with Crippen LogP contribution in [0, 0.1) is 19.7 Å². The summed E-state index contributed by atoms with van der Waals surface area (Å²) in [6.45, 7) is 7.85. The van der Waals surface area contributed by atoms with E-state index in [1.54, 1.807) is 6.07 Å². The van der Waals surface area contributed by atoms with Gasteiger partial charge in [0, 0.05) is 19.3 Å². The summed E-state index contributed by atoms with van der Waals surface area (Å²) in [6, 6.07) is 4.98. The Kier molecular flexibility index (Phi) is 4.77. The number of anilines is 1. The number of nitrogens with zero attached hydrogens (tertiary/aromatic N) is 2. The highest BCUT2D eigenvalue weighted by molar-refractivity contribution is 5.30. The molecule has 0 aliphatic rings. The Bertz CT molecular complexity index is 575. The van der Waals surface area contributed by atoms with E-state index >= 15 is 0 Å². The lowest BCUT2D eigenvalue weighted by Gasteiger charge is -2.10. The predicted molar refractivity (Wildman–Crippen MR) is 80.6 cm³/mol. The average molecular weight is 275 g/mol. The number of aryl methyl sites for hydroxylation is 4. The zero-order valence-electron chi connectivity index (χ0n) is 12.4. The molecule has 0 saturated heterocycles. The van der Waals surface area contributed by atoms with Crippen LogP contribution in [0.15, 0.2) is 24.4 Å². The summed E-state index contributed by atoms with van der Waals surface area (Å²) in [6.07, 6.45) is 4.00. The molecule has 1 aromatic heterocycles. The number of rotatable bonds is 6. The van der Waals surface area contributed by atoms with Gasteiger partial charge in [-0.1, -0.05) is 13.0 Å².